The average Bonchev–Trinajstić information content (AvgIpc) is 2.92. The Morgan fingerprint density at radius 2 is 2.32 bits per heavy atom. The van der Waals surface area contributed by atoms with Crippen LogP contribution in [0.3, 0.4) is 0 Å². The predicted molar refractivity (Wildman–Crippen MR) is 94.9 cm³/mol. The lowest BCUT2D eigenvalue weighted by atomic mass is 10.1. The Morgan fingerprint density at radius 1 is 1.55 bits per heavy atom. The van der Waals surface area contributed by atoms with Gasteiger partial charge in [-0.3, -0.25) is 4.79 Å². The molecule has 1 atom stereocenters. The summed E-state index contributed by atoms with van der Waals surface area (Å²) in [5, 5.41) is 3.05. The van der Waals surface area contributed by atoms with Crippen LogP contribution < -0.4 is 9.88 Å². The van der Waals surface area contributed by atoms with Gasteiger partial charge in [0.1, 0.15) is 0 Å². The van der Waals surface area contributed by atoms with Gasteiger partial charge in [-0.1, -0.05) is 29.9 Å². The number of carbonyl (C=O) groups excluding carboxylic acids is 1. The third-order valence-corrected chi connectivity index (χ3v) is 4.61. The first kappa shape index (κ1) is 16.8. The highest BCUT2D eigenvalue weighted by molar-refractivity contribution is 7.80. The van der Waals surface area contributed by atoms with Crippen LogP contribution in [0.15, 0.2) is 49.3 Å². The highest BCUT2D eigenvalue weighted by Gasteiger charge is 2.33. The second kappa shape index (κ2) is 7.63. The van der Waals surface area contributed by atoms with E-state index < -0.39 is 6.04 Å². The van der Waals surface area contributed by atoms with E-state index in [4.69, 9.17) is 23.8 Å². The molecule has 0 aliphatic carbocycles. The Balaban J connectivity index is 2.38. The van der Waals surface area contributed by atoms with Crippen molar-refractivity contribution in [3.05, 3.63) is 64.1 Å². The topological polar surface area (TPSA) is 33.0 Å². The number of carbonyl (C=O) groups is 1. The molecule has 0 bridgehead atoms. The summed E-state index contributed by atoms with van der Waals surface area (Å²) in [6, 6.07) is 6.73. The molecule has 3 nitrogen and oxygen atoms in total. The standard InChI is InChI=1S/C16H15ClN2OS2/c1-3-8-18-16(21)14(19-9-4-5-11(2)10-19)15(20)12-6-7-13(17)22-12/h3-7,9-10,14H,1,8H2,2H3/p+1/t14-/m0/s1. The SMILES string of the molecule is C=CCNC(=S)[C@H](C(=O)c1ccc(Cl)s1)[n+]1cccc(C)c1. The summed E-state index contributed by atoms with van der Waals surface area (Å²) in [7, 11) is 0. The molecule has 2 rings (SSSR count). The zero-order valence-electron chi connectivity index (χ0n) is 12.1. The first-order valence-electron chi connectivity index (χ1n) is 6.68. The fraction of sp³-hybridized carbons (Fsp3) is 0.188. The number of hydrogen-bond donors (Lipinski definition) is 1. The van der Waals surface area contributed by atoms with Crippen molar-refractivity contribution in [2.45, 2.75) is 13.0 Å². The van der Waals surface area contributed by atoms with Gasteiger partial charge in [0.25, 0.3) is 6.04 Å². The molecule has 0 fully saturated rings. The lowest BCUT2D eigenvalue weighted by molar-refractivity contribution is -0.692. The maximum atomic E-state index is 12.9. The van der Waals surface area contributed by atoms with Gasteiger partial charge in [0.2, 0.25) is 5.78 Å². The Kier molecular flexibility index (Phi) is 5.83. The van der Waals surface area contributed by atoms with Crippen LogP contribution in [0.2, 0.25) is 4.34 Å². The van der Waals surface area contributed by atoms with Crippen molar-refractivity contribution in [2.24, 2.45) is 0 Å². The number of ketones is 1. The normalized spacial score (nSPS) is 11.7. The zero-order chi connectivity index (χ0) is 16.1. The van der Waals surface area contributed by atoms with Crippen molar-refractivity contribution in [1.82, 2.24) is 5.32 Å². The van der Waals surface area contributed by atoms with Crippen molar-refractivity contribution in [1.29, 1.82) is 0 Å². The van der Waals surface area contributed by atoms with Crippen LogP contribution in [0, 0.1) is 6.92 Å². The van der Waals surface area contributed by atoms with E-state index in [1.807, 2.05) is 36.0 Å². The maximum Gasteiger partial charge on any atom is 0.271 e. The quantitative estimate of drug-likeness (QED) is 0.374. The number of pyridine rings is 1. The van der Waals surface area contributed by atoms with Crippen LogP contribution in [-0.4, -0.2) is 17.3 Å². The number of rotatable bonds is 6. The fourth-order valence-electron chi connectivity index (χ4n) is 2.02. The molecule has 0 amide bonds. The molecule has 0 unspecified atom stereocenters. The van der Waals surface area contributed by atoms with E-state index in [2.05, 4.69) is 11.9 Å². The van der Waals surface area contributed by atoms with E-state index in [1.165, 1.54) is 11.3 Å². The van der Waals surface area contributed by atoms with Gasteiger partial charge in [-0.15, -0.1) is 17.9 Å². The summed E-state index contributed by atoms with van der Waals surface area (Å²) in [5.41, 5.74) is 1.05. The van der Waals surface area contributed by atoms with Crippen LogP contribution in [0.5, 0.6) is 0 Å². The molecule has 22 heavy (non-hydrogen) atoms. The molecule has 0 aliphatic rings. The van der Waals surface area contributed by atoms with Crippen molar-refractivity contribution < 1.29 is 9.36 Å². The number of thiophene rings is 1. The number of aromatic nitrogens is 1. The van der Waals surface area contributed by atoms with Crippen molar-refractivity contribution in [3.63, 3.8) is 0 Å². The third-order valence-electron chi connectivity index (χ3n) is 3.00. The smallest absolute Gasteiger partial charge is 0.271 e. The van der Waals surface area contributed by atoms with E-state index in [0.29, 0.717) is 20.7 Å². The molecular weight excluding hydrogens is 336 g/mol. The summed E-state index contributed by atoms with van der Waals surface area (Å²) in [4.78, 5) is 13.9. The minimum atomic E-state index is -0.593. The van der Waals surface area contributed by atoms with Gasteiger partial charge >= 0.3 is 0 Å². The Hall–Kier alpha value is -1.56. The van der Waals surface area contributed by atoms with E-state index in [-0.39, 0.29) is 5.78 Å². The Morgan fingerprint density at radius 3 is 2.91 bits per heavy atom. The van der Waals surface area contributed by atoms with E-state index in [1.54, 1.807) is 18.2 Å². The lowest BCUT2D eigenvalue weighted by Crippen LogP contribution is -2.51. The maximum absolute atomic E-state index is 12.9. The average molecular weight is 352 g/mol. The molecule has 0 aliphatic heterocycles. The summed E-state index contributed by atoms with van der Waals surface area (Å²) >= 11 is 12.6. The summed E-state index contributed by atoms with van der Waals surface area (Å²) in [6.45, 7) is 6.14. The molecule has 2 aromatic heterocycles. The molecule has 2 aromatic rings. The monoisotopic (exact) mass is 351 g/mol. The van der Waals surface area contributed by atoms with Gasteiger partial charge in [0.15, 0.2) is 17.4 Å². The number of aryl methyl sites for hydroxylation is 1. The van der Waals surface area contributed by atoms with Crippen LogP contribution in [-0.2, 0) is 0 Å². The van der Waals surface area contributed by atoms with Gasteiger partial charge in [0.05, 0.1) is 9.21 Å². The first-order chi connectivity index (χ1) is 10.5. The van der Waals surface area contributed by atoms with Gasteiger partial charge in [-0.25, -0.2) is 0 Å². The van der Waals surface area contributed by atoms with E-state index >= 15 is 0 Å². The van der Waals surface area contributed by atoms with Crippen LogP contribution >= 0.6 is 35.2 Å². The van der Waals surface area contributed by atoms with Crippen LogP contribution in [0.25, 0.3) is 0 Å². The number of nitrogens with zero attached hydrogens (tertiary/aromatic N) is 1. The molecule has 0 saturated heterocycles. The highest BCUT2D eigenvalue weighted by Crippen LogP contribution is 2.24. The minimum absolute atomic E-state index is 0.0749. The van der Waals surface area contributed by atoms with Gasteiger partial charge in [-0.2, -0.15) is 4.57 Å². The van der Waals surface area contributed by atoms with Crippen molar-refractivity contribution in [3.8, 4) is 0 Å². The summed E-state index contributed by atoms with van der Waals surface area (Å²) in [6.07, 6.45) is 5.45. The molecular formula is C16H16ClN2OS2+. The molecule has 0 spiro atoms. The third kappa shape index (κ3) is 4.00. The highest BCUT2D eigenvalue weighted by atomic mass is 35.5. The van der Waals surface area contributed by atoms with Gasteiger partial charge < -0.3 is 5.32 Å². The number of hydrogen-bond acceptors (Lipinski definition) is 3. The predicted octanol–water partition coefficient (Wildman–Crippen LogP) is 3.52. The molecule has 0 radical (unpaired) electrons. The van der Waals surface area contributed by atoms with Gasteiger partial charge in [0, 0.05) is 18.2 Å². The van der Waals surface area contributed by atoms with Crippen molar-refractivity contribution >= 4 is 45.9 Å². The Bertz CT molecular complexity index is 712. The largest absolute Gasteiger partial charge is 0.370 e. The molecule has 6 heteroatoms. The number of halogens is 1. The van der Waals surface area contributed by atoms with E-state index in [9.17, 15) is 4.79 Å². The number of thiocarbonyl (C=S) groups is 1. The number of Topliss-reactive ketones (excluding diaryl/α,β-unsaturated/α-hetero) is 1. The summed E-state index contributed by atoms with van der Waals surface area (Å²) < 4.78 is 2.41. The second-order valence-electron chi connectivity index (χ2n) is 4.73. The molecule has 114 valence electrons. The molecule has 0 aromatic carbocycles. The van der Waals surface area contributed by atoms with E-state index in [0.717, 1.165) is 5.56 Å². The van der Waals surface area contributed by atoms with Crippen LogP contribution in [0.1, 0.15) is 21.3 Å². The first-order valence-corrected chi connectivity index (χ1v) is 8.28. The fourth-order valence-corrected chi connectivity index (χ4v) is 3.34. The molecule has 2 heterocycles. The van der Waals surface area contributed by atoms with Gasteiger partial charge in [-0.05, 0) is 25.1 Å². The molecule has 1 N–H and O–H groups in total. The Labute approximate surface area is 144 Å². The summed E-state index contributed by atoms with van der Waals surface area (Å²) in [5.74, 6) is -0.0749. The second-order valence-corrected chi connectivity index (χ2v) is 6.89. The minimum Gasteiger partial charge on any atom is -0.370 e. The number of nitrogens with one attached hydrogen (secondary N) is 1. The van der Waals surface area contributed by atoms with Crippen molar-refractivity contribution in [2.75, 3.05) is 6.54 Å². The molecule has 0 saturated carbocycles. The lowest BCUT2D eigenvalue weighted by Gasteiger charge is -2.13. The zero-order valence-corrected chi connectivity index (χ0v) is 14.5. The van der Waals surface area contributed by atoms with Crippen LogP contribution in [0.4, 0.5) is 0 Å².